The zero-order valence-electron chi connectivity index (χ0n) is 14.5. The van der Waals surface area contributed by atoms with Crippen LogP contribution in [0.1, 0.15) is 16.7 Å². The van der Waals surface area contributed by atoms with Gasteiger partial charge in [-0.1, -0.05) is 17.7 Å². The van der Waals surface area contributed by atoms with Gasteiger partial charge in [0.15, 0.2) is 0 Å². The molecule has 134 valence electrons. The van der Waals surface area contributed by atoms with Gasteiger partial charge in [0.25, 0.3) is 0 Å². The van der Waals surface area contributed by atoms with E-state index in [1.165, 1.54) is 5.56 Å². The molecule has 1 aliphatic rings. The van der Waals surface area contributed by atoms with Crippen LogP contribution < -0.4 is 4.74 Å². The first-order chi connectivity index (χ1) is 9.95. The molecular weight excluding hydrogens is 335 g/mol. The third kappa shape index (κ3) is 6.86. The Morgan fingerprint density at radius 3 is 2.09 bits per heavy atom. The number of piperazine rings is 1. The van der Waals surface area contributed by atoms with Crippen molar-refractivity contribution in [1.29, 1.82) is 0 Å². The topological polar surface area (TPSA) is 35.9 Å². The van der Waals surface area contributed by atoms with Crippen LogP contribution in [0.2, 0.25) is 0 Å². The van der Waals surface area contributed by atoms with Gasteiger partial charge in [0.05, 0.1) is 0 Å². The van der Waals surface area contributed by atoms with Gasteiger partial charge in [-0.3, -0.25) is 4.90 Å². The highest BCUT2D eigenvalue weighted by atomic mass is 35.5. The summed E-state index contributed by atoms with van der Waals surface area (Å²) < 4.78 is 5.86. The lowest BCUT2D eigenvalue weighted by Gasteiger charge is -2.33. The molecule has 0 bridgehead atoms. The lowest BCUT2D eigenvalue weighted by Crippen LogP contribution is -2.47. The number of aryl methyl sites for hydroxylation is 3. The maximum absolute atomic E-state index is 10.2. The van der Waals surface area contributed by atoms with E-state index in [0.717, 1.165) is 43.1 Å². The Kier molecular flexibility index (Phi) is 10.1. The van der Waals surface area contributed by atoms with E-state index in [2.05, 4.69) is 49.8 Å². The van der Waals surface area contributed by atoms with Crippen molar-refractivity contribution in [1.82, 2.24) is 9.80 Å². The lowest BCUT2D eigenvalue weighted by molar-refractivity contribution is 0.0501. The number of hydrogen-bond donors (Lipinski definition) is 1. The van der Waals surface area contributed by atoms with Crippen molar-refractivity contribution in [3.63, 3.8) is 0 Å². The van der Waals surface area contributed by atoms with Crippen LogP contribution in [-0.4, -0.2) is 67.4 Å². The SMILES string of the molecule is Cc1cc(C)c(OCC(O)CN2CCN(C)CC2)c(C)c1.Cl.Cl. The van der Waals surface area contributed by atoms with Gasteiger partial charge in [-0.15, -0.1) is 24.8 Å². The number of benzene rings is 1. The Morgan fingerprint density at radius 2 is 1.57 bits per heavy atom. The number of β-amino-alcohol motifs (C(OH)–C–C–N with tert-alkyl or cyclic N) is 1. The number of likely N-dealkylation sites (N-methyl/N-ethyl adjacent to an activating group) is 1. The number of halogens is 2. The fraction of sp³-hybridized carbons (Fsp3) is 0.647. The minimum Gasteiger partial charge on any atom is -0.490 e. The number of ether oxygens (including phenoxy) is 1. The van der Waals surface area contributed by atoms with E-state index in [0.29, 0.717) is 13.2 Å². The zero-order chi connectivity index (χ0) is 15.4. The summed E-state index contributed by atoms with van der Waals surface area (Å²) in [6.07, 6.45) is -0.437. The fourth-order valence-corrected chi connectivity index (χ4v) is 2.96. The van der Waals surface area contributed by atoms with Crippen LogP contribution in [0.15, 0.2) is 12.1 Å². The molecule has 2 rings (SSSR count). The number of aliphatic hydroxyl groups excluding tert-OH is 1. The monoisotopic (exact) mass is 364 g/mol. The lowest BCUT2D eigenvalue weighted by atomic mass is 10.1. The van der Waals surface area contributed by atoms with E-state index in [9.17, 15) is 5.11 Å². The zero-order valence-corrected chi connectivity index (χ0v) is 16.2. The molecule has 1 aromatic rings. The minimum atomic E-state index is -0.437. The molecule has 0 aromatic heterocycles. The summed E-state index contributed by atoms with van der Waals surface area (Å²) in [7, 11) is 2.14. The molecule has 23 heavy (non-hydrogen) atoms. The van der Waals surface area contributed by atoms with E-state index in [1.54, 1.807) is 0 Å². The van der Waals surface area contributed by atoms with Crippen molar-refractivity contribution in [2.75, 3.05) is 46.4 Å². The molecule has 0 amide bonds. The molecule has 6 heteroatoms. The molecule has 0 aliphatic carbocycles. The number of rotatable bonds is 5. The number of hydrogen-bond acceptors (Lipinski definition) is 4. The minimum absolute atomic E-state index is 0. The van der Waals surface area contributed by atoms with Crippen LogP contribution in [0.5, 0.6) is 5.75 Å². The van der Waals surface area contributed by atoms with Gasteiger partial charge < -0.3 is 14.7 Å². The summed E-state index contributed by atoms with van der Waals surface area (Å²) in [4.78, 5) is 4.63. The van der Waals surface area contributed by atoms with E-state index in [4.69, 9.17) is 4.74 Å². The summed E-state index contributed by atoms with van der Waals surface area (Å²) in [6, 6.07) is 4.24. The van der Waals surface area contributed by atoms with Gasteiger partial charge in [0, 0.05) is 32.7 Å². The van der Waals surface area contributed by atoms with E-state index >= 15 is 0 Å². The molecular formula is C17H30Cl2N2O2. The number of nitrogens with zero attached hydrogens (tertiary/aromatic N) is 2. The molecule has 4 nitrogen and oxygen atoms in total. The Hall–Kier alpha value is -0.520. The molecule has 1 fully saturated rings. The first-order valence-electron chi connectivity index (χ1n) is 7.75. The molecule has 0 radical (unpaired) electrons. The van der Waals surface area contributed by atoms with Gasteiger partial charge >= 0.3 is 0 Å². The Labute approximate surface area is 152 Å². The average Bonchev–Trinajstić information content (AvgIpc) is 2.40. The number of aliphatic hydroxyl groups is 1. The van der Waals surface area contributed by atoms with Crippen LogP contribution in [0.4, 0.5) is 0 Å². The molecule has 1 atom stereocenters. The Bertz CT molecular complexity index is 455. The predicted octanol–water partition coefficient (Wildman–Crippen LogP) is 2.44. The van der Waals surface area contributed by atoms with Gasteiger partial charge in [0.1, 0.15) is 18.5 Å². The largest absolute Gasteiger partial charge is 0.490 e. The van der Waals surface area contributed by atoms with Crippen molar-refractivity contribution in [2.45, 2.75) is 26.9 Å². The highest BCUT2D eigenvalue weighted by Crippen LogP contribution is 2.24. The third-order valence-electron chi connectivity index (χ3n) is 4.09. The summed E-state index contributed by atoms with van der Waals surface area (Å²) in [6.45, 7) is 11.4. The first kappa shape index (κ1) is 22.5. The summed E-state index contributed by atoms with van der Waals surface area (Å²) in [5.74, 6) is 0.915. The molecule has 0 spiro atoms. The van der Waals surface area contributed by atoms with Crippen molar-refractivity contribution >= 4 is 24.8 Å². The van der Waals surface area contributed by atoms with Crippen LogP contribution in [0.25, 0.3) is 0 Å². The van der Waals surface area contributed by atoms with Crippen LogP contribution in [0.3, 0.4) is 0 Å². The maximum atomic E-state index is 10.2. The maximum Gasteiger partial charge on any atom is 0.125 e. The van der Waals surface area contributed by atoms with Crippen molar-refractivity contribution in [3.8, 4) is 5.75 Å². The Morgan fingerprint density at radius 1 is 1.04 bits per heavy atom. The van der Waals surface area contributed by atoms with Crippen molar-refractivity contribution < 1.29 is 9.84 Å². The molecule has 1 heterocycles. The molecule has 1 N–H and O–H groups in total. The quantitative estimate of drug-likeness (QED) is 0.870. The average molecular weight is 365 g/mol. The van der Waals surface area contributed by atoms with Gasteiger partial charge in [-0.25, -0.2) is 0 Å². The smallest absolute Gasteiger partial charge is 0.125 e. The van der Waals surface area contributed by atoms with E-state index < -0.39 is 6.10 Å². The van der Waals surface area contributed by atoms with Crippen LogP contribution in [0, 0.1) is 20.8 Å². The van der Waals surface area contributed by atoms with Crippen LogP contribution >= 0.6 is 24.8 Å². The molecule has 1 unspecified atom stereocenters. The van der Waals surface area contributed by atoms with Gasteiger partial charge in [-0.2, -0.15) is 0 Å². The standard InChI is InChI=1S/C17H28N2O2.2ClH/c1-13-9-14(2)17(15(3)10-13)21-12-16(20)11-19-7-5-18(4)6-8-19;;/h9-10,16,20H,5-8,11-12H2,1-4H3;2*1H. The molecule has 1 saturated heterocycles. The second-order valence-electron chi connectivity index (χ2n) is 6.30. The second-order valence-corrected chi connectivity index (χ2v) is 6.30. The normalized spacial score (nSPS) is 17.1. The fourth-order valence-electron chi connectivity index (χ4n) is 2.96. The third-order valence-corrected chi connectivity index (χ3v) is 4.09. The molecule has 1 aromatic carbocycles. The summed E-state index contributed by atoms with van der Waals surface area (Å²) in [5, 5.41) is 10.2. The van der Waals surface area contributed by atoms with Gasteiger partial charge in [0.2, 0.25) is 0 Å². The highest BCUT2D eigenvalue weighted by Gasteiger charge is 2.17. The van der Waals surface area contributed by atoms with Crippen molar-refractivity contribution in [3.05, 3.63) is 28.8 Å². The van der Waals surface area contributed by atoms with Crippen molar-refractivity contribution in [2.24, 2.45) is 0 Å². The van der Waals surface area contributed by atoms with Crippen LogP contribution in [-0.2, 0) is 0 Å². The van der Waals surface area contributed by atoms with Gasteiger partial charge in [-0.05, 0) is 38.9 Å². The summed E-state index contributed by atoms with van der Waals surface area (Å²) >= 11 is 0. The highest BCUT2D eigenvalue weighted by molar-refractivity contribution is 5.85. The van der Waals surface area contributed by atoms with E-state index in [1.807, 2.05) is 0 Å². The molecule has 0 saturated carbocycles. The second kappa shape index (κ2) is 10.4. The predicted molar refractivity (Wildman–Crippen MR) is 101 cm³/mol. The van der Waals surface area contributed by atoms with E-state index in [-0.39, 0.29) is 24.8 Å². The molecule has 1 aliphatic heterocycles. The summed E-state index contributed by atoms with van der Waals surface area (Å²) in [5.41, 5.74) is 3.52. The first-order valence-corrected chi connectivity index (χ1v) is 7.75. The Balaban J connectivity index is 0.00000242.